The number of hydrogen-bond donors (Lipinski definition) is 6. The van der Waals surface area contributed by atoms with Gasteiger partial charge in [0.25, 0.3) is 17.7 Å². The Bertz CT molecular complexity index is 1490. The Hall–Kier alpha value is -4.71. The Morgan fingerprint density at radius 2 is 1.84 bits per heavy atom. The van der Waals surface area contributed by atoms with Crippen LogP contribution in [-0.4, -0.2) is 56.5 Å². The quantitative estimate of drug-likeness (QED) is 0.196. The van der Waals surface area contributed by atoms with E-state index in [1.165, 1.54) is 18.5 Å². The molecule has 0 saturated carbocycles. The van der Waals surface area contributed by atoms with Gasteiger partial charge >= 0.3 is 5.97 Å². The molecule has 3 amide bonds. The third-order valence-electron chi connectivity index (χ3n) is 5.47. The molecule has 2 heterocycles. The first-order valence-corrected chi connectivity index (χ1v) is 11.9. The number of rotatable bonds is 9. The molecule has 2 aromatic carbocycles. The van der Waals surface area contributed by atoms with E-state index in [-0.39, 0.29) is 28.6 Å². The lowest BCUT2D eigenvalue weighted by atomic mass is 10.2. The third kappa shape index (κ3) is 6.11. The number of phenols is 1. The predicted octanol–water partition coefficient (Wildman–Crippen LogP) is 2.18. The van der Waals surface area contributed by atoms with E-state index in [0.717, 1.165) is 16.9 Å². The minimum absolute atomic E-state index is 0.0839. The predicted molar refractivity (Wildman–Crippen MR) is 136 cm³/mol. The standard InChI is InChI=1S/C25H23N5O6S/c1-13-7-20(23(33)26-10-14-3-2-4-16(31)8-14)37-21(13)24(34)30-19(25(35)36)11-27-22(32)15-5-6-17-18(9-15)29-12-28-17/h2-9,12,19,31H,10-11H2,1H3,(H,26,33)(H,27,32)(H,28,29)(H,30,34)(H,35,36)/t19-/m0/s1. The number of aliphatic carboxylic acids is 1. The average molecular weight is 522 g/mol. The van der Waals surface area contributed by atoms with Crippen LogP contribution in [0.5, 0.6) is 5.75 Å². The van der Waals surface area contributed by atoms with E-state index in [0.29, 0.717) is 22.2 Å². The van der Waals surface area contributed by atoms with Crippen LogP contribution in [0.1, 0.15) is 40.8 Å². The number of hydrogen-bond acceptors (Lipinski definition) is 7. The number of nitrogens with one attached hydrogen (secondary N) is 4. The van der Waals surface area contributed by atoms with Gasteiger partial charge in [-0.1, -0.05) is 12.1 Å². The minimum Gasteiger partial charge on any atom is -0.508 e. The molecule has 6 N–H and O–H groups in total. The molecule has 2 aromatic heterocycles. The fourth-order valence-corrected chi connectivity index (χ4v) is 4.54. The van der Waals surface area contributed by atoms with Crippen LogP contribution in [0.4, 0.5) is 0 Å². The molecule has 0 unspecified atom stereocenters. The van der Waals surface area contributed by atoms with E-state index in [4.69, 9.17) is 0 Å². The summed E-state index contributed by atoms with van der Waals surface area (Å²) in [4.78, 5) is 57.1. The first-order chi connectivity index (χ1) is 17.7. The lowest BCUT2D eigenvalue weighted by Crippen LogP contribution is -2.48. The van der Waals surface area contributed by atoms with Gasteiger partial charge in [0.15, 0.2) is 0 Å². The van der Waals surface area contributed by atoms with E-state index in [2.05, 4.69) is 25.9 Å². The number of carboxylic acids is 1. The monoisotopic (exact) mass is 521 g/mol. The van der Waals surface area contributed by atoms with Gasteiger partial charge in [0.05, 0.1) is 27.1 Å². The maximum Gasteiger partial charge on any atom is 0.328 e. The van der Waals surface area contributed by atoms with Crippen molar-refractivity contribution in [3.63, 3.8) is 0 Å². The van der Waals surface area contributed by atoms with Crippen molar-refractivity contribution in [3.8, 4) is 5.75 Å². The van der Waals surface area contributed by atoms with Gasteiger partial charge in [0.2, 0.25) is 0 Å². The van der Waals surface area contributed by atoms with Crippen molar-refractivity contribution in [1.82, 2.24) is 25.9 Å². The van der Waals surface area contributed by atoms with E-state index in [1.54, 1.807) is 43.3 Å². The number of thiophene rings is 1. The second-order valence-electron chi connectivity index (χ2n) is 8.18. The van der Waals surface area contributed by atoms with Crippen molar-refractivity contribution in [2.24, 2.45) is 0 Å². The van der Waals surface area contributed by atoms with Crippen molar-refractivity contribution in [2.45, 2.75) is 19.5 Å². The third-order valence-corrected chi connectivity index (χ3v) is 6.70. The Morgan fingerprint density at radius 1 is 1.03 bits per heavy atom. The van der Waals surface area contributed by atoms with Gasteiger partial charge in [-0.2, -0.15) is 0 Å². The van der Waals surface area contributed by atoms with Gasteiger partial charge in [0.1, 0.15) is 11.8 Å². The summed E-state index contributed by atoms with van der Waals surface area (Å²) < 4.78 is 0. The Kier molecular flexibility index (Phi) is 7.49. The largest absolute Gasteiger partial charge is 0.508 e. The lowest BCUT2D eigenvalue weighted by Gasteiger charge is -2.15. The van der Waals surface area contributed by atoms with Crippen LogP contribution < -0.4 is 16.0 Å². The van der Waals surface area contributed by atoms with Crippen molar-refractivity contribution in [2.75, 3.05) is 6.54 Å². The van der Waals surface area contributed by atoms with E-state index in [1.807, 2.05) is 0 Å². The molecule has 0 bridgehead atoms. The molecular weight excluding hydrogens is 498 g/mol. The number of aromatic nitrogens is 2. The number of carboxylic acid groups (broad SMARTS) is 1. The molecule has 0 aliphatic heterocycles. The minimum atomic E-state index is -1.39. The molecule has 37 heavy (non-hydrogen) atoms. The van der Waals surface area contributed by atoms with Crippen LogP contribution in [-0.2, 0) is 11.3 Å². The number of benzene rings is 2. The molecule has 0 spiro atoms. The Labute approximate surface area is 214 Å². The molecule has 0 saturated heterocycles. The van der Waals surface area contributed by atoms with Crippen molar-refractivity contribution < 1.29 is 29.4 Å². The fourth-order valence-electron chi connectivity index (χ4n) is 3.55. The maximum atomic E-state index is 12.8. The number of amides is 3. The summed E-state index contributed by atoms with van der Waals surface area (Å²) in [6, 6.07) is 11.4. The summed E-state index contributed by atoms with van der Waals surface area (Å²) in [7, 11) is 0. The number of aryl methyl sites for hydroxylation is 1. The lowest BCUT2D eigenvalue weighted by molar-refractivity contribution is -0.139. The summed E-state index contributed by atoms with van der Waals surface area (Å²) in [5, 5.41) is 26.7. The first-order valence-electron chi connectivity index (χ1n) is 11.1. The van der Waals surface area contributed by atoms with Crippen molar-refractivity contribution in [1.29, 1.82) is 0 Å². The molecule has 4 rings (SSSR count). The van der Waals surface area contributed by atoms with Crippen LogP contribution in [0.25, 0.3) is 11.0 Å². The van der Waals surface area contributed by atoms with Crippen LogP contribution in [0.3, 0.4) is 0 Å². The van der Waals surface area contributed by atoms with Crippen LogP contribution in [0.2, 0.25) is 0 Å². The smallest absolute Gasteiger partial charge is 0.328 e. The number of fused-ring (bicyclic) bond motifs is 1. The van der Waals surface area contributed by atoms with Gasteiger partial charge < -0.3 is 31.1 Å². The molecule has 4 aromatic rings. The maximum absolute atomic E-state index is 12.8. The van der Waals surface area contributed by atoms with Gasteiger partial charge in [0, 0.05) is 18.7 Å². The number of carbonyl (C=O) groups excluding carboxylic acids is 3. The highest BCUT2D eigenvalue weighted by Gasteiger charge is 2.25. The molecule has 0 fully saturated rings. The summed E-state index contributed by atoms with van der Waals surface area (Å²) in [6.45, 7) is 1.47. The van der Waals surface area contributed by atoms with Gasteiger partial charge in [-0.05, 0) is 54.4 Å². The highest BCUT2D eigenvalue weighted by molar-refractivity contribution is 7.16. The van der Waals surface area contributed by atoms with E-state index >= 15 is 0 Å². The second kappa shape index (κ2) is 10.9. The number of imidazole rings is 1. The zero-order chi connectivity index (χ0) is 26.5. The molecule has 0 aliphatic rings. The zero-order valence-corrected chi connectivity index (χ0v) is 20.4. The normalized spacial score (nSPS) is 11.6. The average Bonchev–Trinajstić information content (AvgIpc) is 3.50. The highest BCUT2D eigenvalue weighted by Crippen LogP contribution is 2.22. The van der Waals surface area contributed by atoms with E-state index in [9.17, 15) is 29.4 Å². The number of aromatic amines is 1. The van der Waals surface area contributed by atoms with Crippen LogP contribution in [0.15, 0.2) is 54.9 Å². The SMILES string of the molecule is Cc1cc(C(=O)NCc2cccc(O)c2)sc1C(=O)N[C@@H](CNC(=O)c1ccc2[nH]cnc2c1)C(=O)O. The van der Waals surface area contributed by atoms with Crippen molar-refractivity contribution >= 4 is 46.1 Å². The van der Waals surface area contributed by atoms with Gasteiger partial charge in [-0.25, -0.2) is 9.78 Å². The van der Waals surface area contributed by atoms with Gasteiger partial charge in [-0.3, -0.25) is 14.4 Å². The van der Waals surface area contributed by atoms with E-state index < -0.39 is 29.7 Å². The second-order valence-corrected chi connectivity index (χ2v) is 9.24. The summed E-state index contributed by atoms with van der Waals surface area (Å²) in [5.74, 6) is -2.83. The summed E-state index contributed by atoms with van der Waals surface area (Å²) in [5.41, 5.74) is 2.85. The molecule has 190 valence electrons. The number of nitrogens with zero attached hydrogens (tertiary/aromatic N) is 1. The molecule has 12 heteroatoms. The zero-order valence-electron chi connectivity index (χ0n) is 19.6. The number of phenolic OH excluding ortho intramolecular Hbond substituents is 1. The number of aromatic hydroxyl groups is 1. The number of H-pyrrole nitrogens is 1. The van der Waals surface area contributed by atoms with Crippen LogP contribution >= 0.6 is 11.3 Å². The molecule has 0 radical (unpaired) electrons. The molecular formula is C25H23N5O6S. The Balaban J connectivity index is 1.36. The highest BCUT2D eigenvalue weighted by atomic mass is 32.1. The first kappa shape index (κ1) is 25.4. The molecule has 11 nitrogen and oxygen atoms in total. The summed E-state index contributed by atoms with van der Waals surface area (Å²) >= 11 is 0.927. The number of carbonyl (C=O) groups is 4. The molecule has 1 atom stereocenters. The molecule has 0 aliphatic carbocycles. The van der Waals surface area contributed by atoms with Crippen molar-refractivity contribution in [3.05, 3.63) is 81.3 Å². The Morgan fingerprint density at radius 3 is 2.59 bits per heavy atom. The summed E-state index contributed by atoms with van der Waals surface area (Å²) in [6.07, 6.45) is 1.50. The topological polar surface area (TPSA) is 174 Å². The fraction of sp³-hybridized carbons (Fsp3) is 0.160. The van der Waals surface area contributed by atoms with Crippen LogP contribution in [0, 0.1) is 6.92 Å². The van der Waals surface area contributed by atoms with Gasteiger partial charge in [-0.15, -0.1) is 11.3 Å².